The zero-order chi connectivity index (χ0) is 16.4. The number of hydrogen-bond donors (Lipinski definition) is 2. The van der Waals surface area contributed by atoms with E-state index in [1.54, 1.807) is 24.2 Å². The van der Waals surface area contributed by atoms with E-state index in [-0.39, 0.29) is 5.88 Å². The van der Waals surface area contributed by atoms with Crippen LogP contribution in [0.3, 0.4) is 0 Å². The third kappa shape index (κ3) is 2.96. The van der Waals surface area contributed by atoms with Gasteiger partial charge in [0, 0.05) is 29.3 Å². The molecule has 0 atom stereocenters. The van der Waals surface area contributed by atoms with E-state index in [0.717, 1.165) is 16.9 Å². The third-order valence-electron chi connectivity index (χ3n) is 3.63. The molecule has 0 unspecified atom stereocenters. The summed E-state index contributed by atoms with van der Waals surface area (Å²) >= 11 is 1.55. The quantitative estimate of drug-likeness (QED) is 0.706. The maximum atomic E-state index is 10.1. The largest absolute Gasteiger partial charge is 0.492 e. The predicted molar refractivity (Wildman–Crippen MR) is 96.5 cm³/mol. The van der Waals surface area contributed by atoms with Crippen molar-refractivity contribution in [1.29, 1.82) is 0 Å². The number of rotatable bonds is 4. The number of hydrogen-bond acceptors (Lipinski definition) is 5. The van der Waals surface area contributed by atoms with E-state index in [9.17, 15) is 5.11 Å². The molecule has 118 valence electrons. The van der Waals surface area contributed by atoms with Crippen molar-refractivity contribution < 1.29 is 5.11 Å². The second-order valence-electron chi connectivity index (χ2n) is 5.29. The fraction of sp³-hybridized carbons (Fsp3) is 0.0556. The summed E-state index contributed by atoms with van der Waals surface area (Å²) in [5.41, 5.74) is 3.63. The Morgan fingerprint density at radius 2 is 2.00 bits per heavy atom. The van der Waals surface area contributed by atoms with Crippen LogP contribution in [0.2, 0.25) is 0 Å². The Morgan fingerprint density at radius 1 is 1.12 bits per heavy atom. The molecule has 5 nitrogen and oxygen atoms in total. The van der Waals surface area contributed by atoms with Gasteiger partial charge in [0.05, 0.1) is 0 Å². The number of aliphatic imine (C=N–C) groups is 1. The van der Waals surface area contributed by atoms with E-state index in [1.807, 2.05) is 36.4 Å². The van der Waals surface area contributed by atoms with E-state index in [0.29, 0.717) is 16.7 Å². The van der Waals surface area contributed by atoms with Gasteiger partial charge in [-0.1, -0.05) is 42.1 Å². The van der Waals surface area contributed by atoms with Crippen molar-refractivity contribution in [3.05, 3.63) is 65.5 Å². The molecule has 3 heterocycles. The van der Waals surface area contributed by atoms with E-state index >= 15 is 0 Å². The average Bonchev–Trinajstić information content (AvgIpc) is 3.18. The fourth-order valence-corrected chi connectivity index (χ4v) is 3.28. The number of nitrogens with one attached hydrogen (secondary N) is 1. The Kier molecular flexibility index (Phi) is 3.88. The van der Waals surface area contributed by atoms with Crippen molar-refractivity contribution in [3.8, 4) is 5.88 Å². The lowest BCUT2D eigenvalue weighted by Gasteiger charge is -1.98. The Balaban J connectivity index is 1.54. The first-order chi connectivity index (χ1) is 11.8. The molecule has 0 aliphatic carbocycles. The SMILES string of the molecule is Oc1nc(SCc2ccccc2)[nH]c1/C=C1\C=Nc2ncccc21. The second-order valence-corrected chi connectivity index (χ2v) is 6.25. The van der Waals surface area contributed by atoms with Gasteiger partial charge in [-0.15, -0.1) is 0 Å². The minimum absolute atomic E-state index is 0.0104. The maximum Gasteiger partial charge on any atom is 0.237 e. The molecule has 24 heavy (non-hydrogen) atoms. The Morgan fingerprint density at radius 3 is 2.88 bits per heavy atom. The van der Waals surface area contributed by atoms with Gasteiger partial charge in [0.25, 0.3) is 0 Å². The molecular formula is C18H14N4OS. The third-order valence-corrected chi connectivity index (χ3v) is 4.58. The van der Waals surface area contributed by atoms with Crippen LogP contribution in [0.15, 0.2) is 58.8 Å². The van der Waals surface area contributed by atoms with Crippen molar-refractivity contribution >= 4 is 35.4 Å². The van der Waals surface area contributed by atoms with E-state index in [1.165, 1.54) is 5.56 Å². The van der Waals surface area contributed by atoms with Crippen molar-refractivity contribution in [2.24, 2.45) is 4.99 Å². The summed E-state index contributed by atoms with van der Waals surface area (Å²) in [4.78, 5) is 15.8. The molecule has 0 saturated heterocycles. The molecule has 0 bridgehead atoms. The Bertz CT molecular complexity index is 931. The second kappa shape index (κ2) is 6.33. The van der Waals surface area contributed by atoms with E-state index in [2.05, 4.69) is 32.1 Å². The summed E-state index contributed by atoms with van der Waals surface area (Å²) in [6.45, 7) is 0. The smallest absolute Gasteiger partial charge is 0.237 e. The van der Waals surface area contributed by atoms with Crippen LogP contribution >= 0.6 is 11.8 Å². The number of nitrogens with zero attached hydrogens (tertiary/aromatic N) is 3. The lowest BCUT2D eigenvalue weighted by Crippen LogP contribution is -1.83. The highest BCUT2D eigenvalue weighted by Crippen LogP contribution is 2.32. The Labute approximate surface area is 143 Å². The zero-order valence-electron chi connectivity index (χ0n) is 12.7. The van der Waals surface area contributed by atoms with Gasteiger partial charge >= 0.3 is 0 Å². The van der Waals surface area contributed by atoms with Gasteiger partial charge in [-0.05, 0) is 23.8 Å². The first-order valence-corrected chi connectivity index (χ1v) is 8.45. The number of thioether (sulfide) groups is 1. The molecule has 0 amide bonds. The van der Waals surface area contributed by atoms with Gasteiger partial charge in [-0.25, -0.2) is 9.98 Å². The predicted octanol–water partition coefficient (Wildman–Crippen LogP) is 4.06. The lowest BCUT2D eigenvalue weighted by molar-refractivity contribution is 0.453. The average molecular weight is 334 g/mol. The summed E-state index contributed by atoms with van der Waals surface area (Å²) in [7, 11) is 0. The number of H-pyrrole nitrogens is 1. The van der Waals surface area contributed by atoms with Crippen LogP contribution in [0, 0.1) is 0 Å². The molecule has 3 aromatic rings. The molecule has 0 spiro atoms. The molecule has 1 aromatic carbocycles. The summed E-state index contributed by atoms with van der Waals surface area (Å²) in [5.74, 6) is 1.48. The van der Waals surface area contributed by atoms with Gasteiger partial charge in [-0.2, -0.15) is 4.98 Å². The minimum atomic E-state index is -0.0104. The van der Waals surface area contributed by atoms with Gasteiger partial charge in [0.2, 0.25) is 5.88 Å². The maximum absolute atomic E-state index is 10.1. The molecule has 4 rings (SSSR count). The zero-order valence-corrected chi connectivity index (χ0v) is 13.5. The van der Waals surface area contributed by atoms with Crippen molar-refractivity contribution in [2.45, 2.75) is 10.9 Å². The van der Waals surface area contributed by atoms with Crippen LogP contribution in [-0.2, 0) is 5.75 Å². The number of aromatic amines is 1. The first-order valence-electron chi connectivity index (χ1n) is 7.46. The monoisotopic (exact) mass is 334 g/mol. The number of pyridine rings is 1. The molecule has 2 aromatic heterocycles. The number of imidazole rings is 1. The molecule has 6 heteroatoms. The molecule has 2 N–H and O–H groups in total. The van der Waals surface area contributed by atoms with E-state index in [4.69, 9.17) is 0 Å². The molecule has 1 aliphatic heterocycles. The normalized spacial score (nSPS) is 14.2. The number of aromatic nitrogens is 3. The van der Waals surface area contributed by atoms with E-state index < -0.39 is 0 Å². The van der Waals surface area contributed by atoms with Gasteiger partial charge < -0.3 is 10.1 Å². The summed E-state index contributed by atoms with van der Waals surface area (Å²) < 4.78 is 0. The number of fused-ring (bicyclic) bond motifs is 1. The minimum Gasteiger partial charge on any atom is -0.492 e. The Hall–Kier alpha value is -2.86. The summed E-state index contributed by atoms with van der Waals surface area (Å²) in [5, 5.41) is 10.8. The van der Waals surface area contributed by atoms with Crippen LogP contribution in [-0.4, -0.2) is 26.3 Å². The first kappa shape index (κ1) is 14.7. The topological polar surface area (TPSA) is 74.2 Å². The highest BCUT2D eigenvalue weighted by molar-refractivity contribution is 7.98. The molecule has 0 saturated carbocycles. The standard InChI is InChI=1S/C18H14N4OS/c23-17-15(9-13-10-20-16-14(13)7-4-8-19-16)21-18(22-17)24-11-12-5-2-1-3-6-12/h1-10,23H,11H2,(H,21,22)/b13-9+. The molecular weight excluding hydrogens is 320 g/mol. The highest BCUT2D eigenvalue weighted by Gasteiger charge is 2.15. The molecule has 1 aliphatic rings. The number of aromatic hydroxyl groups is 1. The molecule has 0 radical (unpaired) electrons. The van der Waals surface area contributed by atoms with Gasteiger partial charge in [0.1, 0.15) is 5.69 Å². The van der Waals surface area contributed by atoms with Crippen LogP contribution in [0.25, 0.3) is 11.6 Å². The molecule has 0 fully saturated rings. The summed E-state index contributed by atoms with van der Waals surface area (Å²) in [6.07, 6.45) is 5.30. The fourth-order valence-electron chi connectivity index (χ4n) is 2.45. The van der Waals surface area contributed by atoms with Crippen LogP contribution in [0.1, 0.15) is 16.8 Å². The van der Waals surface area contributed by atoms with Crippen molar-refractivity contribution in [1.82, 2.24) is 15.0 Å². The number of allylic oxidation sites excluding steroid dienone is 1. The van der Waals surface area contributed by atoms with Crippen molar-refractivity contribution in [3.63, 3.8) is 0 Å². The van der Waals surface area contributed by atoms with Crippen LogP contribution in [0.4, 0.5) is 5.82 Å². The van der Waals surface area contributed by atoms with Gasteiger partial charge in [-0.3, -0.25) is 0 Å². The highest BCUT2D eigenvalue weighted by atomic mass is 32.2. The number of benzene rings is 1. The van der Waals surface area contributed by atoms with Crippen molar-refractivity contribution in [2.75, 3.05) is 0 Å². The summed E-state index contributed by atoms with van der Waals surface area (Å²) in [6, 6.07) is 14.0. The van der Waals surface area contributed by atoms with Crippen LogP contribution < -0.4 is 0 Å². The van der Waals surface area contributed by atoms with Crippen LogP contribution in [0.5, 0.6) is 5.88 Å². The lowest BCUT2D eigenvalue weighted by atomic mass is 10.1. The van der Waals surface area contributed by atoms with Gasteiger partial charge in [0.15, 0.2) is 11.0 Å².